The first kappa shape index (κ1) is 15.1. The van der Waals surface area contributed by atoms with Gasteiger partial charge in [0.15, 0.2) is 0 Å². The molecule has 1 unspecified atom stereocenters. The van der Waals surface area contributed by atoms with Crippen molar-refractivity contribution in [1.29, 1.82) is 0 Å². The summed E-state index contributed by atoms with van der Waals surface area (Å²) in [7, 11) is 0. The van der Waals surface area contributed by atoms with E-state index >= 15 is 0 Å². The van der Waals surface area contributed by atoms with Crippen LogP contribution < -0.4 is 0 Å². The molecule has 1 heterocycles. The SMILES string of the molecule is O=C(Cc1cnccn1)C(Cc1ccccc1)c1ccccc1. The summed E-state index contributed by atoms with van der Waals surface area (Å²) in [6, 6.07) is 20.1. The minimum atomic E-state index is -0.166. The lowest BCUT2D eigenvalue weighted by molar-refractivity contribution is -0.119. The molecule has 0 saturated heterocycles. The van der Waals surface area contributed by atoms with Crippen LogP contribution in [0.15, 0.2) is 79.3 Å². The van der Waals surface area contributed by atoms with Crippen LogP contribution in [0.25, 0.3) is 0 Å². The number of aromatic nitrogens is 2. The van der Waals surface area contributed by atoms with E-state index in [1.54, 1.807) is 18.6 Å². The highest BCUT2D eigenvalue weighted by Gasteiger charge is 2.21. The summed E-state index contributed by atoms with van der Waals surface area (Å²) in [4.78, 5) is 21.1. The molecule has 1 aromatic heterocycles. The highest BCUT2D eigenvalue weighted by Crippen LogP contribution is 2.23. The molecule has 0 fully saturated rings. The Morgan fingerprint density at radius 3 is 2.26 bits per heavy atom. The van der Waals surface area contributed by atoms with Crippen LogP contribution in [0, 0.1) is 0 Å². The fourth-order valence-electron chi connectivity index (χ4n) is 2.68. The van der Waals surface area contributed by atoms with E-state index in [1.165, 1.54) is 0 Å². The third-order valence-corrected chi connectivity index (χ3v) is 3.85. The molecule has 0 aliphatic heterocycles. The van der Waals surface area contributed by atoms with E-state index in [-0.39, 0.29) is 11.7 Å². The summed E-state index contributed by atoms with van der Waals surface area (Å²) in [5, 5.41) is 0. The number of carbonyl (C=O) groups is 1. The highest BCUT2D eigenvalue weighted by molar-refractivity contribution is 5.87. The minimum absolute atomic E-state index is 0.166. The highest BCUT2D eigenvalue weighted by atomic mass is 16.1. The van der Waals surface area contributed by atoms with Crippen molar-refractivity contribution in [3.8, 4) is 0 Å². The van der Waals surface area contributed by atoms with Gasteiger partial charge in [0.25, 0.3) is 0 Å². The van der Waals surface area contributed by atoms with Gasteiger partial charge in [0, 0.05) is 24.5 Å². The van der Waals surface area contributed by atoms with Gasteiger partial charge in [-0.25, -0.2) is 0 Å². The van der Waals surface area contributed by atoms with E-state index in [0.29, 0.717) is 18.5 Å². The summed E-state index contributed by atoms with van der Waals surface area (Å²) in [6.07, 6.45) is 5.90. The summed E-state index contributed by atoms with van der Waals surface area (Å²) in [5.74, 6) is 0.00107. The molecule has 3 heteroatoms. The molecule has 3 rings (SSSR count). The van der Waals surface area contributed by atoms with Crippen LogP contribution in [0.3, 0.4) is 0 Å². The third-order valence-electron chi connectivity index (χ3n) is 3.85. The first-order chi connectivity index (χ1) is 11.3. The summed E-state index contributed by atoms with van der Waals surface area (Å²) < 4.78 is 0. The quantitative estimate of drug-likeness (QED) is 0.698. The topological polar surface area (TPSA) is 42.9 Å². The molecular weight excluding hydrogens is 284 g/mol. The van der Waals surface area contributed by atoms with Crippen molar-refractivity contribution in [3.05, 3.63) is 96.1 Å². The number of Topliss-reactive ketones (excluding diaryl/α,β-unsaturated/α-hetero) is 1. The lowest BCUT2D eigenvalue weighted by Crippen LogP contribution is -2.18. The van der Waals surface area contributed by atoms with Crippen LogP contribution in [-0.2, 0) is 17.6 Å². The number of rotatable bonds is 6. The van der Waals surface area contributed by atoms with Crippen LogP contribution in [-0.4, -0.2) is 15.8 Å². The molecule has 1 atom stereocenters. The summed E-state index contributed by atoms with van der Waals surface area (Å²) >= 11 is 0. The van der Waals surface area contributed by atoms with Crippen LogP contribution in [0.1, 0.15) is 22.7 Å². The number of ketones is 1. The second kappa shape index (κ2) is 7.45. The Bertz CT molecular complexity index is 742. The third kappa shape index (κ3) is 4.10. The fourth-order valence-corrected chi connectivity index (χ4v) is 2.68. The molecule has 0 aliphatic rings. The molecule has 0 N–H and O–H groups in total. The van der Waals surface area contributed by atoms with E-state index < -0.39 is 0 Å². The standard InChI is InChI=1S/C20H18N2O/c23-20(14-18-15-21-11-12-22-18)19(17-9-5-2-6-10-17)13-16-7-3-1-4-8-16/h1-12,15,19H,13-14H2. The Balaban J connectivity index is 1.84. The Kier molecular flexibility index (Phi) is 4.89. The Labute approximate surface area is 136 Å². The molecule has 3 nitrogen and oxygen atoms in total. The monoisotopic (exact) mass is 302 g/mol. The van der Waals surface area contributed by atoms with E-state index in [1.807, 2.05) is 48.5 Å². The predicted octanol–water partition coefficient (Wildman–Crippen LogP) is 3.61. The van der Waals surface area contributed by atoms with Gasteiger partial charge in [-0.05, 0) is 17.5 Å². The second-order valence-electron chi connectivity index (χ2n) is 5.49. The zero-order chi connectivity index (χ0) is 15.9. The van der Waals surface area contributed by atoms with Gasteiger partial charge in [-0.2, -0.15) is 0 Å². The lowest BCUT2D eigenvalue weighted by Gasteiger charge is -2.16. The lowest BCUT2D eigenvalue weighted by atomic mass is 9.87. The van der Waals surface area contributed by atoms with E-state index in [4.69, 9.17) is 0 Å². The van der Waals surface area contributed by atoms with E-state index in [2.05, 4.69) is 22.1 Å². The molecule has 23 heavy (non-hydrogen) atoms. The van der Waals surface area contributed by atoms with Crippen LogP contribution >= 0.6 is 0 Å². The average Bonchev–Trinajstić information content (AvgIpc) is 2.62. The molecule has 0 aliphatic carbocycles. The first-order valence-corrected chi connectivity index (χ1v) is 7.69. The molecule has 0 spiro atoms. The maximum absolute atomic E-state index is 12.8. The van der Waals surface area contributed by atoms with Gasteiger partial charge < -0.3 is 0 Å². The first-order valence-electron chi connectivity index (χ1n) is 7.69. The maximum Gasteiger partial charge on any atom is 0.146 e. The van der Waals surface area contributed by atoms with Gasteiger partial charge in [0.1, 0.15) is 5.78 Å². The van der Waals surface area contributed by atoms with Crippen LogP contribution in [0.4, 0.5) is 0 Å². The molecule has 0 radical (unpaired) electrons. The number of benzene rings is 2. The van der Waals surface area contributed by atoms with E-state index in [9.17, 15) is 4.79 Å². The number of hydrogen-bond acceptors (Lipinski definition) is 3. The van der Waals surface area contributed by atoms with Crippen molar-refractivity contribution in [2.75, 3.05) is 0 Å². The van der Waals surface area contributed by atoms with Gasteiger partial charge in [-0.15, -0.1) is 0 Å². The maximum atomic E-state index is 12.8. The summed E-state index contributed by atoms with van der Waals surface area (Å²) in [6.45, 7) is 0. The Hall–Kier alpha value is -2.81. The van der Waals surface area contributed by atoms with Gasteiger partial charge >= 0.3 is 0 Å². The zero-order valence-electron chi connectivity index (χ0n) is 12.8. The van der Waals surface area contributed by atoms with Crippen molar-refractivity contribution in [2.24, 2.45) is 0 Å². The van der Waals surface area contributed by atoms with E-state index in [0.717, 1.165) is 11.1 Å². The zero-order valence-corrected chi connectivity index (χ0v) is 12.8. The van der Waals surface area contributed by atoms with Crippen molar-refractivity contribution >= 4 is 5.78 Å². The van der Waals surface area contributed by atoms with Gasteiger partial charge in [0.05, 0.1) is 12.1 Å². The Morgan fingerprint density at radius 1 is 0.913 bits per heavy atom. The number of hydrogen-bond donors (Lipinski definition) is 0. The molecule has 0 bridgehead atoms. The molecule has 0 amide bonds. The predicted molar refractivity (Wildman–Crippen MR) is 90.1 cm³/mol. The normalized spacial score (nSPS) is 11.8. The van der Waals surface area contributed by atoms with Crippen LogP contribution in [0.2, 0.25) is 0 Å². The molecule has 0 saturated carbocycles. The van der Waals surface area contributed by atoms with Crippen molar-refractivity contribution in [2.45, 2.75) is 18.8 Å². The second-order valence-corrected chi connectivity index (χ2v) is 5.49. The van der Waals surface area contributed by atoms with Crippen LogP contribution in [0.5, 0.6) is 0 Å². The molecule has 3 aromatic rings. The van der Waals surface area contributed by atoms with Gasteiger partial charge in [0.2, 0.25) is 0 Å². The fraction of sp³-hybridized carbons (Fsp3) is 0.150. The van der Waals surface area contributed by atoms with Crippen molar-refractivity contribution in [3.63, 3.8) is 0 Å². The van der Waals surface area contributed by atoms with Crippen molar-refractivity contribution < 1.29 is 4.79 Å². The largest absolute Gasteiger partial charge is 0.299 e. The van der Waals surface area contributed by atoms with Gasteiger partial charge in [-0.1, -0.05) is 60.7 Å². The summed E-state index contributed by atoms with van der Waals surface area (Å²) in [5.41, 5.74) is 2.92. The number of carbonyl (C=O) groups excluding carboxylic acids is 1. The molecular formula is C20H18N2O. The van der Waals surface area contributed by atoms with Gasteiger partial charge in [-0.3, -0.25) is 14.8 Å². The number of nitrogens with zero attached hydrogens (tertiary/aromatic N) is 2. The van der Waals surface area contributed by atoms with Crippen molar-refractivity contribution in [1.82, 2.24) is 9.97 Å². The Morgan fingerprint density at radius 2 is 1.61 bits per heavy atom. The molecule has 2 aromatic carbocycles. The average molecular weight is 302 g/mol. The minimum Gasteiger partial charge on any atom is -0.299 e. The smallest absolute Gasteiger partial charge is 0.146 e. The molecule has 114 valence electrons.